The Labute approximate surface area is 85.1 Å². The number of rotatable bonds is 3. The van der Waals surface area contributed by atoms with Crippen molar-refractivity contribution in [2.45, 2.75) is 13.8 Å². The second-order valence-electron chi connectivity index (χ2n) is 2.92. The fourth-order valence-corrected chi connectivity index (χ4v) is 1.01. The van der Waals surface area contributed by atoms with E-state index in [4.69, 9.17) is 9.90 Å². The molecule has 0 saturated heterocycles. The minimum Gasteiger partial charge on any atom is -0.481 e. The van der Waals surface area contributed by atoms with E-state index >= 15 is 0 Å². The molecule has 0 aromatic heterocycles. The van der Waals surface area contributed by atoms with Crippen molar-refractivity contribution < 1.29 is 9.90 Å². The lowest BCUT2D eigenvalue weighted by molar-refractivity contribution is -0.134. The Bertz CT molecular complexity index is 210. The number of carbonyl (C=O) groups is 1. The highest BCUT2D eigenvalue weighted by atomic mass is 16.4. The van der Waals surface area contributed by atoms with Gasteiger partial charge in [0, 0.05) is 32.4 Å². The van der Waals surface area contributed by atoms with E-state index in [1.165, 1.54) is 0 Å². The van der Waals surface area contributed by atoms with Crippen LogP contribution < -0.4 is 0 Å². The summed E-state index contributed by atoms with van der Waals surface area (Å²) >= 11 is 0. The van der Waals surface area contributed by atoms with Crippen LogP contribution in [-0.4, -0.2) is 40.6 Å². The van der Waals surface area contributed by atoms with Gasteiger partial charge in [-0.3, -0.25) is 4.79 Å². The first-order valence-corrected chi connectivity index (χ1v) is 4.57. The molecule has 0 saturated carbocycles. The molecule has 0 aliphatic carbocycles. The van der Waals surface area contributed by atoms with Crippen molar-refractivity contribution in [1.82, 2.24) is 9.80 Å². The molecule has 0 spiro atoms. The first kappa shape index (κ1) is 12.6. The summed E-state index contributed by atoms with van der Waals surface area (Å²) < 4.78 is 0. The van der Waals surface area contributed by atoms with Gasteiger partial charge in [-0.05, 0) is 6.92 Å². The zero-order valence-electron chi connectivity index (χ0n) is 8.81. The molecule has 4 heteroatoms. The van der Waals surface area contributed by atoms with Crippen LogP contribution in [0.5, 0.6) is 0 Å². The van der Waals surface area contributed by atoms with Gasteiger partial charge in [0.25, 0.3) is 5.97 Å². The van der Waals surface area contributed by atoms with Crippen LogP contribution in [-0.2, 0) is 4.79 Å². The maximum atomic E-state index is 9.00. The third kappa shape index (κ3) is 6.11. The molecule has 1 heterocycles. The number of hydrogen-bond acceptors (Lipinski definition) is 3. The molecule has 1 aliphatic heterocycles. The molecule has 0 radical (unpaired) electrons. The summed E-state index contributed by atoms with van der Waals surface area (Å²) in [5.41, 5.74) is 0. The van der Waals surface area contributed by atoms with Crippen LogP contribution in [0.3, 0.4) is 0 Å². The Balaban J connectivity index is 0.000000364. The summed E-state index contributed by atoms with van der Waals surface area (Å²) in [5.74, 6) is -0.833. The van der Waals surface area contributed by atoms with Gasteiger partial charge in [-0.1, -0.05) is 6.08 Å². The summed E-state index contributed by atoms with van der Waals surface area (Å²) in [6, 6.07) is 0. The van der Waals surface area contributed by atoms with E-state index in [0.29, 0.717) is 0 Å². The Morgan fingerprint density at radius 1 is 1.57 bits per heavy atom. The highest BCUT2D eigenvalue weighted by molar-refractivity contribution is 5.62. The monoisotopic (exact) mass is 198 g/mol. The quantitative estimate of drug-likeness (QED) is 0.695. The number of carboxylic acid groups (broad SMARTS) is 1. The topological polar surface area (TPSA) is 43.8 Å². The van der Waals surface area contributed by atoms with Crippen molar-refractivity contribution in [3.8, 4) is 0 Å². The van der Waals surface area contributed by atoms with Gasteiger partial charge in [-0.2, -0.15) is 0 Å². The maximum Gasteiger partial charge on any atom is 0.300 e. The summed E-state index contributed by atoms with van der Waals surface area (Å²) in [5, 5.41) is 7.42. The molecule has 0 fully saturated rings. The average molecular weight is 198 g/mol. The molecule has 80 valence electrons. The molecule has 4 nitrogen and oxygen atoms in total. The fourth-order valence-electron chi connectivity index (χ4n) is 1.01. The second-order valence-corrected chi connectivity index (χ2v) is 2.92. The van der Waals surface area contributed by atoms with Crippen molar-refractivity contribution in [1.29, 1.82) is 0 Å². The predicted molar refractivity (Wildman–Crippen MR) is 56.6 cm³/mol. The summed E-state index contributed by atoms with van der Waals surface area (Å²) in [7, 11) is 0. The minimum atomic E-state index is -0.833. The van der Waals surface area contributed by atoms with Crippen LogP contribution in [0.2, 0.25) is 0 Å². The highest BCUT2D eigenvalue weighted by Crippen LogP contribution is 2.04. The lowest BCUT2D eigenvalue weighted by atomic mass is 10.6. The standard InChI is InChI=1S/C8H14N2.C2H4O2/c1-3-5-10-7-6-9(4-2)8-10;1-2(3)4/h3,6-7H,1,4-5,8H2,2H3;1H3,(H,3,4). The Morgan fingerprint density at radius 2 is 2.07 bits per heavy atom. The Hall–Kier alpha value is -1.45. The lowest BCUT2D eigenvalue weighted by Gasteiger charge is -2.17. The molecular weight excluding hydrogens is 180 g/mol. The van der Waals surface area contributed by atoms with Crippen LogP contribution >= 0.6 is 0 Å². The zero-order valence-corrected chi connectivity index (χ0v) is 8.81. The van der Waals surface area contributed by atoms with Gasteiger partial charge < -0.3 is 14.9 Å². The molecule has 1 rings (SSSR count). The average Bonchev–Trinajstić information content (AvgIpc) is 2.52. The molecule has 0 aromatic rings. The second kappa shape index (κ2) is 7.00. The Morgan fingerprint density at radius 3 is 2.43 bits per heavy atom. The SMILES string of the molecule is C=CCN1C=CN(CC)C1.CC(=O)O. The van der Waals surface area contributed by atoms with Crippen LogP contribution in [0.25, 0.3) is 0 Å². The molecule has 0 unspecified atom stereocenters. The third-order valence-electron chi connectivity index (χ3n) is 1.62. The van der Waals surface area contributed by atoms with Crippen molar-refractivity contribution in [3.05, 3.63) is 25.1 Å². The van der Waals surface area contributed by atoms with Crippen molar-refractivity contribution in [2.75, 3.05) is 19.8 Å². The van der Waals surface area contributed by atoms with Gasteiger partial charge in [0.2, 0.25) is 0 Å². The fraction of sp³-hybridized carbons (Fsp3) is 0.500. The van der Waals surface area contributed by atoms with Crippen LogP contribution in [0, 0.1) is 0 Å². The molecule has 14 heavy (non-hydrogen) atoms. The van der Waals surface area contributed by atoms with E-state index in [1.807, 2.05) is 6.08 Å². The van der Waals surface area contributed by atoms with E-state index in [1.54, 1.807) is 0 Å². The van der Waals surface area contributed by atoms with Gasteiger partial charge in [-0.15, -0.1) is 6.58 Å². The minimum absolute atomic E-state index is 0.833. The van der Waals surface area contributed by atoms with E-state index in [2.05, 4.69) is 35.7 Å². The van der Waals surface area contributed by atoms with Gasteiger partial charge >= 0.3 is 0 Å². The number of nitrogens with zero attached hydrogens (tertiary/aromatic N) is 2. The number of hydrogen-bond donors (Lipinski definition) is 1. The van der Waals surface area contributed by atoms with E-state index in [9.17, 15) is 0 Å². The maximum absolute atomic E-state index is 9.00. The van der Waals surface area contributed by atoms with Crippen molar-refractivity contribution >= 4 is 5.97 Å². The smallest absolute Gasteiger partial charge is 0.300 e. The molecule has 1 N–H and O–H groups in total. The number of carboxylic acids is 1. The van der Waals surface area contributed by atoms with Crippen molar-refractivity contribution in [2.24, 2.45) is 0 Å². The van der Waals surface area contributed by atoms with E-state index in [0.717, 1.165) is 26.7 Å². The lowest BCUT2D eigenvalue weighted by Crippen LogP contribution is -2.24. The van der Waals surface area contributed by atoms with E-state index in [-0.39, 0.29) is 0 Å². The normalized spacial score (nSPS) is 13.6. The molecular formula is C10H18N2O2. The molecule has 0 bridgehead atoms. The summed E-state index contributed by atoms with van der Waals surface area (Å²) in [6.07, 6.45) is 6.14. The number of aliphatic carboxylic acids is 1. The predicted octanol–water partition coefficient (Wildman–Crippen LogP) is 1.33. The van der Waals surface area contributed by atoms with Gasteiger partial charge in [0.1, 0.15) is 0 Å². The molecule has 0 atom stereocenters. The third-order valence-corrected chi connectivity index (χ3v) is 1.62. The first-order valence-electron chi connectivity index (χ1n) is 4.57. The van der Waals surface area contributed by atoms with Crippen LogP contribution in [0.1, 0.15) is 13.8 Å². The molecule has 0 amide bonds. The van der Waals surface area contributed by atoms with Gasteiger partial charge in [0.05, 0.1) is 6.67 Å². The largest absolute Gasteiger partial charge is 0.481 e. The Kier molecular flexibility index (Phi) is 6.28. The van der Waals surface area contributed by atoms with Crippen LogP contribution in [0.4, 0.5) is 0 Å². The summed E-state index contributed by atoms with van der Waals surface area (Å²) in [6.45, 7) is 9.97. The van der Waals surface area contributed by atoms with Crippen molar-refractivity contribution in [3.63, 3.8) is 0 Å². The van der Waals surface area contributed by atoms with E-state index < -0.39 is 5.97 Å². The molecule has 1 aliphatic rings. The molecule has 0 aromatic carbocycles. The zero-order chi connectivity index (χ0) is 11.0. The van der Waals surface area contributed by atoms with Crippen LogP contribution in [0.15, 0.2) is 25.1 Å². The highest BCUT2D eigenvalue weighted by Gasteiger charge is 2.06. The summed E-state index contributed by atoms with van der Waals surface area (Å²) in [4.78, 5) is 13.5. The van der Waals surface area contributed by atoms with Gasteiger partial charge in [0.15, 0.2) is 0 Å². The first-order chi connectivity index (χ1) is 6.60. The van der Waals surface area contributed by atoms with Gasteiger partial charge in [-0.25, -0.2) is 0 Å².